The van der Waals surface area contributed by atoms with Crippen molar-refractivity contribution >= 4 is 12.0 Å². The van der Waals surface area contributed by atoms with E-state index < -0.39 is 11.7 Å². The van der Waals surface area contributed by atoms with Gasteiger partial charge in [0.25, 0.3) is 5.91 Å². The average Bonchev–Trinajstić information content (AvgIpc) is 2.43. The summed E-state index contributed by atoms with van der Waals surface area (Å²) in [5, 5.41) is 6.07. The maximum absolute atomic E-state index is 12.3. The van der Waals surface area contributed by atoms with Gasteiger partial charge in [-0.15, -0.1) is 0 Å². The molecule has 1 heterocycles. The van der Waals surface area contributed by atoms with Gasteiger partial charge < -0.3 is 24.8 Å². The first-order valence-corrected chi connectivity index (χ1v) is 8.79. The molecule has 2 saturated carbocycles. The minimum Gasteiger partial charge on any atom is -0.444 e. The van der Waals surface area contributed by atoms with Crippen LogP contribution >= 0.6 is 0 Å². The van der Waals surface area contributed by atoms with Crippen LogP contribution in [0.4, 0.5) is 4.79 Å². The van der Waals surface area contributed by atoms with E-state index in [9.17, 15) is 9.59 Å². The second kappa shape index (κ2) is 6.52. The summed E-state index contributed by atoms with van der Waals surface area (Å²) in [5.41, 5.74) is -0.533. The van der Waals surface area contributed by atoms with Gasteiger partial charge in [0.15, 0.2) is 6.10 Å². The van der Waals surface area contributed by atoms with Crippen LogP contribution < -0.4 is 10.6 Å². The molecule has 2 aliphatic carbocycles. The monoisotopic (exact) mass is 340 g/mol. The third-order valence-electron chi connectivity index (χ3n) is 5.26. The Bertz CT molecular complexity index is 492. The van der Waals surface area contributed by atoms with E-state index in [4.69, 9.17) is 14.2 Å². The number of carbonyl (C=O) groups excluding carboxylic acids is 2. The highest BCUT2D eigenvalue weighted by atomic mass is 16.6. The van der Waals surface area contributed by atoms with Crippen molar-refractivity contribution in [2.45, 2.75) is 70.2 Å². The lowest BCUT2D eigenvalue weighted by Crippen LogP contribution is -2.72. The normalized spacial score (nSPS) is 31.5. The second-order valence-corrected chi connectivity index (χ2v) is 8.02. The molecular formula is C17H28N2O5. The van der Waals surface area contributed by atoms with E-state index in [1.165, 1.54) is 0 Å². The van der Waals surface area contributed by atoms with Crippen molar-refractivity contribution in [3.05, 3.63) is 0 Å². The molecule has 24 heavy (non-hydrogen) atoms. The highest BCUT2D eigenvalue weighted by molar-refractivity contribution is 5.81. The first-order valence-electron chi connectivity index (χ1n) is 8.79. The zero-order valence-corrected chi connectivity index (χ0v) is 14.7. The lowest BCUT2D eigenvalue weighted by Gasteiger charge is -2.61. The third-order valence-corrected chi connectivity index (χ3v) is 5.26. The maximum Gasteiger partial charge on any atom is 0.407 e. The molecule has 3 fully saturated rings. The van der Waals surface area contributed by atoms with E-state index in [0.717, 1.165) is 25.7 Å². The van der Waals surface area contributed by atoms with Crippen LogP contribution in [-0.4, -0.2) is 55.6 Å². The third kappa shape index (κ3) is 3.52. The van der Waals surface area contributed by atoms with Gasteiger partial charge in [-0.3, -0.25) is 4.79 Å². The summed E-state index contributed by atoms with van der Waals surface area (Å²) in [6.45, 7) is 6.85. The Morgan fingerprint density at radius 2 is 1.83 bits per heavy atom. The maximum atomic E-state index is 12.3. The van der Waals surface area contributed by atoms with Crippen molar-refractivity contribution < 1.29 is 23.8 Å². The van der Waals surface area contributed by atoms with E-state index in [-0.39, 0.29) is 29.5 Å². The highest BCUT2D eigenvalue weighted by Crippen LogP contribution is 2.56. The first-order chi connectivity index (χ1) is 11.3. The van der Waals surface area contributed by atoms with Crippen LogP contribution in [0.3, 0.4) is 0 Å². The van der Waals surface area contributed by atoms with E-state index in [1.54, 1.807) is 0 Å². The fourth-order valence-electron chi connectivity index (χ4n) is 3.83. The summed E-state index contributed by atoms with van der Waals surface area (Å²) in [6, 6.07) is 0.152. The largest absolute Gasteiger partial charge is 0.444 e. The highest BCUT2D eigenvalue weighted by Gasteiger charge is 2.59. The van der Waals surface area contributed by atoms with Crippen LogP contribution in [0.25, 0.3) is 0 Å². The number of ether oxygens (including phenoxy) is 3. The molecule has 1 spiro atoms. The Labute approximate surface area is 142 Å². The zero-order valence-electron chi connectivity index (χ0n) is 14.7. The molecule has 3 aliphatic rings. The fraction of sp³-hybridized carbons (Fsp3) is 0.882. The van der Waals surface area contributed by atoms with Crippen LogP contribution in [0, 0.1) is 5.41 Å². The quantitative estimate of drug-likeness (QED) is 0.810. The predicted octanol–water partition coefficient (Wildman–Crippen LogP) is 1.35. The number of rotatable bonds is 3. The number of carbonyl (C=O) groups is 2. The van der Waals surface area contributed by atoms with Crippen LogP contribution in [0.2, 0.25) is 0 Å². The van der Waals surface area contributed by atoms with Gasteiger partial charge in [-0.2, -0.15) is 0 Å². The smallest absolute Gasteiger partial charge is 0.407 e. The Balaban J connectivity index is 1.52. The van der Waals surface area contributed by atoms with E-state index in [1.807, 2.05) is 20.8 Å². The summed E-state index contributed by atoms with van der Waals surface area (Å²) in [5.74, 6) is -0.110. The van der Waals surface area contributed by atoms with Crippen molar-refractivity contribution in [3.8, 4) is 0 Å². The molecule has 0 bridgehead atoms. The molecule has 1 aliphatic heterocycles. The van der Waals surface area contributed by atoms with Crippen LogP contribution in [-0.2, 0) is 19.0 Å². The summed E-state index contributed by atoms with van der Waals surface area (Å²) in [6.07, 6.45) is 2.99. The SMILES string of the molecule is CC(C)(C)OC(=O)NC1CC(NC(=O)C2COCCO2)C12CCC2. The van der Waals surface area contributed by atoms with E-state index in [2.05, 4.69) is 10.6 Å². The van der Waals surface area contributed by atoms with Gasteiger partial charge in [-0.1, -0.05) is 6.42 Å². The number of amides is 2. The molecule has 0 aromatic carbocycles. The zero-order chi connectivity index (χ0) is 17.4. The molecule has 136 valence electrons. The Kier molecular flexibility index (Phi) is 4.75. The predicted molar refractivity (Wildman–Crippen MR) is 86.5 cm³/mol. The van der Waals surface area contributed by atoms with Crippen LogP contribution in [0.1, 0.15) is 46.5 Å². The Hall–Kier alpha value is -1.34. The van der Waals surface area contributed by atoms with Crippen LogP contribution in [0.15, 0.2) is 0 Å². The van der Waals surface area contributed by atoms with Crippen molar-refractivity contribution in [2.24, 2.45) is 5.41 Å². The minimum atomic E-state index is -0.520. The number of nitrogens with one attached hydrogen (secondary N) is 2. The summed E-state index contributed by atoms with van der Waals surface area (Å²) in [4.78, 5) is 24.3. The average molecular weight is 340 g/mol. The molecule has 7 nitrogen and oxygen atoms in total. The van der Waals surface area contributed by atoms with Gasteiger partial charge in [-0.05, 0) is 40.0 Å². The van der Waals surface area contributed by atoms with Gasteiger partial charge in [0.05, 0.1) is 19.8 Å². The molecule has 0 aromatic rings. The molecule has 2 amide bonds. The van der Waals surface area contributed by atoms with Crippen molar-refractivity contribution in [1.29, 1.82) is 0 Å². The molecular weight excluding hydrogens is 312 g/mol. The van der Waals surface area contributed by atoms with Gasteiger partial charge in [0.2, 0.25) is 0 Å². The lowest BCUT2D eigenvalue weighted by atomic mass is 9.50. The van der Waals surface area contributed by atoms with Gasteiger partial charge in [0, 0.05) is 17.5 Å². The summed E-state index contributed by atoms with van der Waals surface area (Å²) in [7, 11) is 0. The second-order valence-electron chi connectivity index (χ2n) is 8.02. The lowest BCUT2D eigenvalue weighted by molar-refractivity contribution is -0.153. The van der Waals surface area contributed by atoms with Crippen molar-refractivity contribution in [1.82, 2.24) is 10.6 Å². The Morgan fingerprint density at radius 3 is 2.38 bits per heavy atom. The van der Waals surface area contributed by atoms with E-state index >= 15 is 0 Å². The molecule has 3 atom stereocenters. The fourth-order valence-corrected chi connectivity index (χ4v) is 3.83. The van der Waals surface area contributed by atoms with Gasteiger partial charge >= 0.3 is 6.09 Å². The number of alkyl carbamates (subject to hydrolysis) is 1. The van der Waals surface area contributed by atoms with Crippen molar-refractivity contribution in [3.63, 3.8) is 0 Å². The first kappa shape index (κ1) is 17.5. The Morgan fingerprint density at radius 1 is 1.12 bits per heavy atom. The number of hydrogen-bond donors (Lipinski definition) is 2. The van der Waals surface area contributed by atoms with Gasteiger partial charge in [-0.25, -0.2) is 4.79 Å². The topological polar surface area (TPSA) is 85.9 Å². The molecule has 0 radical (unpaired) electrons. The van der Waals surface area contributed by atoms with Gasteiger partial charge in [0.1, 0.15) is 5.60 Å². The summed E-state index contributed by atoms with van der Waals surface area (Å²) >= 11 is 0. The summed E-state index contributed by atoms with van der Waals surface area (Å²) < 4.78 is 16.1. The van der Waals surface area contributed by atoms with E-state index in [0.29, 0.717) is 19.8 Å². The minimum absolute atomic E-state index is 0.0257. The molecule has 7 heteroatoms. The van der Waals surface area contributed by atoms with Crippen LogP contribution in [0.5, 0.6) is 0 Å². The standard InChI is InChI=1S/C17H28N2O5/c1-16(2,3)24-15(21)19-13-9-12(17(13)5-4-6-17)18-14(20)11-10-22-7-8-23-11/h11-13H,4-10H2,1-3H3,(H,18,20)(H,19,21). The number of hydrogen-bond acceptors (Lipinski definition) is 5. The molecule has 3 rings (SSSR count). The van der Waals surface area contributed by atoms with Crippen molar-refractivity contribution in [2.75, 3.05) is 19.8 Å². The molecule has 1 saturated heterocycles. The molecule has 2 N–H and O–H groups in total. The molecule has 0 aromatic heterocycles. The molecule has 3 unspecified atom stereocenters.